The molecule has 29 heavy (non-hydrogen) atoms. The van der Waals surface area contributed by atoms with E-state index in [0.29, 0.717) is 38.4 Å². The normalized spacial score (nSPS) is 17.3. The number of nitrogens with zero attached hydrogens (tertiary/aromatic N) is 1. The molecule has 0 bridgehead atoms. The number of hydrogen-bond donors (Lipinski definition) is 1. The molecule has 1 heterocycles. The van der Waals surface area contributed by atoms with Gasteiger partial charge in [0.25, 0.3) is 0 Å². The molecule has 1 atom stereocenters. The van der Waals surface area contributed by atoms with E-state index in [2.05, 4.69) is 10.2 Å². The van der Waals surface area contributed by atoms with Crippen molar-refractivity contribution >= 4 is 5.91 Å². The molecule has 1 N–H and O–H groups in total. The van der Waals surface area contributed by atoms with E-state index in [-0.39, 0.29) is 11.8 Å². The number of rotatable bonds is 8. The SMILES string of the molecule is CCOCCNC(=O)C1CCCN(Cc2cccc(-c3ccc(F)cc3F)c2)C1. The van der Waals surface area contributed by atoms with Gasteiger partial charge in [0.1, 0.15) is 11.6 Å². The quantitative estimate of drug-likeness (QED) is 0.679. The smallest absolute Gasteiger partial charge is 0.224 e. The van der Waals surface area contributed by atoms with Crippen molar-refractivity contribution < 1.29 is 18.3 Å². The third kappa shape index (κ3) is 6.08. The molecule has 0 saturated carbocycles. The second kappa shape index (κ2) is 10.5. The highest BCUT2D eigenvalue weighted by Gasteiger charge is 2.25. The first-order valence-corrected chi connectivity index (χ1v) is 10.2. The number of piperidine rings is 1. The molecule has 4 nitrogen and oxygen atoms in total. The lowest BCUT2D eigenvalue weighted by Crippen LogP contribution is -2.43. The molecule has 6 heteroatoms. The van der Waals surface area contributed by atoms with Crippen LogP contribution in [0.25, 0.3) is 11.1 Å². The minimum atomic E-state index is -0.582. The third-order valence-electron chi connectivity index (χ3n) is 5.20. The fraction of sp³-hybridized carbons (Fsp3) is 0.435. The van der Waals surface area contributed by atoms with Crippen molar-refractivity contribution in [3.63, 3.8) is 0 Å². The topological polar surface area (TPSA) is 41.6 Å². The van der Waals surface area contributed by atoms with E-state index in [1.165, 1.54) is 12.1 Å². The molecular formula is C23H28F2N2O2. The molecule has 156 valence electrons. The number of hydrogen-bond acceptors (Lipinski definition) is 3. The van der Waals surface area contributed by atoms with E-state index >= 15 is 0 Å². The molecule has 0 spiro atoms. The predicted octanol–water partition coefficient (Wildman–Crippen LogP) is 4.00. The van der Waals surface area contributed by atoms with E-state index in [1.807, 2.05) is 31.2 Å². The predicted molar refractivity (Wildman–Crippen MR) is 109 cm³/mol. The molecule has 3 rings (SSSR count). The van der Waals surface area contributed by atoms with Gasteiger partial charge < -0.3 is 10.1 Å². The Hall–Kier alpha value is -2.31. The van der Waals surface area contributed by atoms with Gasteiger partial charge in [-0.25, -0.2) is 8.78 Å². The average molecular weight is 402 g/mol. The fourth-order valence-electron chi connectivity index (χ4n) is 3.77. The largest absolute Gasteiger partial charge is 0.380 e. The zero-order valence-electron chi connectivity index (χ0n) is 16.8. The van der Waals surface area contributed by atoms with Crippen molar-refractivity contribution in [1.82, 2.24) is 10.2 Å². The van der Waals surface area contributed by atoms with Gasteiger partial charge in [0.2, 0.25) is 5.91 Å². The summed E-state index contributed by atoms with van der Waals surface area (Å²) >= 11 is 0. The van der Waals surface area contributed by atoms with Crippen LogP contribution in [0.4, 0.5) is 8.78 Å². The van der Waals surface area contributed by atoms with E-state index in [9.17, 15) is 13.6 Å². The average Bonchev–Trinajstić information content (AvgIpc) is 2.71. The molecule has 0 radical (unpaired) electrons. The van der Waals surface area contributed by atoms with Crippen molar-refractivity contribution in [2.24, 2.45) is 5.92 Å². The highest BCUT2D eigenvalue weighted by Crippen LogP contribution is 2.26. The van der Waals surface area contributed by atoms with Crippen LogP contribution >= 0.6 is 0 Å². The Balaban J connectivity index is 1.60. The number of likely N-dealkylation sites (tertiary alicyclic amines) is 1. The maximum absolute atomic E-state index is 14.1. The zero-order chi connectivity index (χ0) is 20.6. The molecule has 1 fully saturated rings. The van der Waals surface area contributed by atoms with Crippen molar-refractivity contribution in [1.29, 1.82) is 0 Å². The van der Waals surface area contributed by atoms with Gasteiger partial charge in [0.05, 0.1) is 12.5 Å². The molecule has 0 aromatic heterocycles. The fourth-order valence-corrected chi connectivity index (χ4v) is 3.77. The Labute approximate surface area is 170 Å². The first-order valence-electron chi connectivity index (χ1n) is 10.2. The van der Waals surface area contributed by atoms with Gasteiger partial charge in [-0.05, 0) is 55.6 Å². The third-order valence-corrected chi connectivity index (χ3v) is 5.20. The minimum absolute atomic E-state index is 0.0249. The lowest BCUT2D eigenvalue weighted by Gasteiger charge is -2.32. The van der Waals surface area contributed by atoms with Gasteiger partial charge in [-0.15, -0.1) is 0 Å². The highest BCUT2D eigenvalue weighted by atomic mass is 19.1. The van der Waals surface area contributed by atoms with Crippen molar-refractivity contribution in [2.45, 2.75) is 26.3 Å². The lowest BCUT2D eigenvalue weighted by molar-refractivity contribution is -0.127. The highest BCUT2D eigenvalue weighted by molar-refractivity contribution is 5.78. The summed E-state index contributed by atoms with van der Waals surface area (Å²) in [5.41, 5.74) is 2.16. The monoisotopic (exact) mass is 402 g/mol. The van der Waals surface area contributed by atoms with Crippen molar-refractivity contribution in [3.05, 3.63) is 59.7 Å². The number of amides is 1. The zero-order valence-corrected chi connectivity index (χ0v) is 16.8. The molecule has 0 aliphatic carbocycles. The van der Waals surface area contributed by atoms with Crippen LogP contribution in [0.2, 0.25) is 0 Å². The van der Waals surface area contributed by atoms with E-state index < -0.39 is 11.6 Å². The number of nitrogens with one attached hydrogen (secondary N) is 1. The Bertz CT molecular complexity index is 828. The molecule has 2 aromatic rings. The van der Waals surface area contributed by atoms with Gasteiger partial charge >= 0.3 is 0 Å². The molecular weight excluding hydrogens is 374 g/mol. The summed E-state index contributed by atoms with van der Waals surface area (Å²) in [4.78, 5) is 14.7. The van der Waals surface area contributed by atoms with Crippen LogP contribution in [0, 0.1) is 17.6 Å². The van der Waals surface area contributed by atoms with Crippen LogP contribution in [0.3, 0.4) is 0 Å². The van der Waals surface area contributed by atoms with Crippen LogP contribution in [0.1, 0.15) is 25.3 Å². The molecule has 1 aliphatic heterocycles. The number of benzene rings is 2. The maximum Gasteiger partial charge on any atom is 0.224 e. The van der Waals surface area contributed by atoms with Gasteiger partial charge in [-0.1, -0.05) is 18.2 Å². The van der Waals surface area contributed by atoms with Gasteiger partial charge in [-0.3, -0.25) is 9.69 Å². The van der Waals surface area contributed by atoms with Crippen LogP contribution in [-0.2, 0) is 16.1 Å². The standard InChI is InChI=1S/C23H28F2N2O2/c1-2-29-12-10-26-23(28)19-7-4-11-27(16-19)15-17-5-3-6-18(13-17)21-9-8-20(24)14-22(21)25/h3,5-6,8-9,13-14,19H,2,4,7,10-12,15-16H2,1H3,(H,26,28). The first-order chi connectivity index (χ1) is 14.1. The summed E-state index contributed by atoms with van der Waals surface area (Å²) in [5, 5.41) is 2.95. The van der Waals surface area contributed by atoms with Gasteiger partial charge in [-0.2, -0.15) is 0 Å². The number of carbonyl (C=O) groups excluding carboxylic acids is 1. The molecule has 1 amide bonds. The van der Waals surface area contributed by atoms with Crippen LogP contribution in [-0.4, -0.2) is 43.7 Å². The van der Waals surface area contributed by atoms with Crippen LogP contribution in [0.15, 0.2) is 42.5 Å². The molecule has 1 saturated heterocycles. The molecule has 2 aromatic carbocycles. The van der Waals surface area contributed by atoms with Crippen molar-refractivity contribution in [3.8, 4) is 11.1 Å². The Morgan fingerprint density at radius 2 is 2.10 bits per heavy atom. The summed E-state index contributed by atoms with van der Waals surface area (Å²) in [5.74, 6) is -1.09. The number of carbonyl (C=O) groups is 1. The second-order valence-corrected chi connectivity index (χ2v) is 7.39. The Morgan fingerprint density at radius 3 is 2.90 bits per heavy atom. The Morgan fingerprint density at radius 1 is 1.24 bits per heavy atom. The maximum atomic E-state index is 14.1. The second-order valence-electron chi connectivity index (χ2n) is 7.39. The number of ether oxygens (including phenoxy) is 1. The van der Waals surface area contributed by atoms with Crippen LogP contribution in [0.5, 0.6) is 0 Å². The van der Waals surface area contributed by atoms with Crippen molar-refractivity contribution in [2.75, 3.05) is 32.8 Å². The van der Waals surface area contributed by atoms with E-state index in [0.717, 1.165) is 36.6 Å². The van der Waals surface area contributed by atoms with Crippen LogP contribution < -0.4 is 5.32 Å². The minimum Gasteiger partial charge on any atom is -0.380 e. The molecule has 1 unspecified atom stereocenters. The van der Waals surface area contributed by atoms with Gasteiger partial charge in [0, 0.05) is 37.9 Å². The molecule has 1 aliphatic rings. The number of halogens is 2. The summed E-state index contributed by atoms with van der Waals surface area (Å²) in [6.07, 6.45) is 1.85. The summed E-state index contributed by atoms with van der Waals surface area (Å²) in [6.45, 7) is 5.97. The summed E-state index contributed by atoms with van der Waals surface area (Å²) < 4.78 is 32.6. The first kappa shape index (κ1) is 21.4. The van der Waals surface area contributed by atoms with E-state index in [4.69, 9.17) is 4.74 Å². The lowest BCUT2D eigenvalue weighted by atomic mass is 9.96. The van der Waals surface area contributed by atoms with E-state index in [1.54, 1.807) is 0 Å². The summed E-state index contributed by atoms with van der Waals surface area (Å²) in [7, 11) is 0. The van der Waals surface area contributed by atoms with Gasteiger partial charge in [0.15, 0.2) is 0 Å². The Kier molecular flexibility index (Phi) is 7.72. The summed E-state index contributed by atoms with van der Waals surface area (Å²) in [6, 6.07) is 11.3.